The second-order valence-corrected chi connectivity index (χ2v) is 7.56. The summed E-state index contributed by atoms with van der Waals surface area (Å²) in [5, 5.41) is 9.65. The molecule has 2 aliphatic rings. The molecule has 6 nitrogen and oxygen atoms in total. The van der Waals surface area contributed by atoms with Gasteiger partial charge in [0, 0.05) is 24.5 Å². The van der Waals surface area contributed by atoms with Gasteiger partial charge in [0.15, 0.2) is 0 Å². The second kappa shape index (κ2) is 9.62. The predicted octanol–water partition coefficient (Wildman–Crippen LogP) is 3.00. The third-order valence-electron chi connectivity index (χ3n) is 5.56. The number of hydrogen-bond acceptors (Lipinski definition) is 4. The summed E-state index contributed by atoms with van der Waals surface area (Å²) in [6.45, 7) is 1.99. The van der Waals surface area contributed by atoms with Crippen LogP contribution in [-0.4, -0.2) is 38.6 Å². The van der Waals surface area contributed by atoms with Crippen molar-refractivity contribution in [3.8, 4) is 5.75 Å². The van der Waals surface area contributed by atoms with Crippen molar-refractivity contribution < 1.29 is 14.3 Å². The lowest BCUT2D eigenvalue weighted by Crippen LogP contribution is -2.48. The molecule has 3 N–H and O–H groups in total. The van der Waals surface area contributed by atoms with Crippen molar-refractivity contribution >= 4 is 41.5 Å². The quantitative estimate of drug-likeness (QED) is 0.666. The number of nitrogens with one attached hydrogen (secondary N) is 3. The molecule has 2 atom stereocenters. The van der Waals surface area contributed by atoms with Crippen LogP contribution in [0.15, 0.2) is 18.2 Å². The van der Waals surface area contributed by atoms with Gasteiger partial charge in [-0.05, 0) is 43.5 Å². The Labute approximate surface area is 171 Å². The van der Waals surface area contributed by atoms with E-state index in [1.807, 2.05) is 0 Å². The summed E-state index contributed by atoms with van der Waals surface area (Å²) < 4.78 is 5.22. The third kappa shape index (κ3) is 4.86. The number of hydrogen-bond donors (Lipinski definition) is 3. The number of carbonyl (C=O) groups excluding carboxylic acids is 2. The fraction of sp³-hybridized carbons (Fsp3) is 0.579. The number of carbonyl (C=O) groups is 2. The molecule has 3 rings (SSSR count). The highest BCUT2D eigenvalue weighted by Gasteiger charge is 2.49. The van der Waals surface area contributed by atoms with Crippen molar-refractivity contribution in [1.29, 1.82) is 0 Å². The van der Waals surface area contributed by atoms with Crippen molar-refractivity contribution in [3.05, 3.63) is 23.2 Å². The SMILES string of the molecule is COc1ccc(Cl)cc1NC(=O)CCNC(=O)[C@@]12CCCC[C@H]1CNC2.Cl. The average molecular weight is 416 g/mol. The second-order valence-electron chi connectivity index (χ2n) is 7.13. The van der Waals surface area contributed by atoms with Crippen LogP contribution in [0, 0.1) is 11.3 Å². The molecule has 1 heterocycles. The van der Waals surface area contributed by atoms with Crippen LogP contribution in [0.3, 0.4) is 0 Å². The summed E-state index contributed by atoms with van der Waals surface area (Å²) in [7, 11) is 1.54. The molecule has 8 heteroatoms. The van der Waals surface area contributed by atoms with E-state index in [0.717, 1.165) is 32.4 Å². The Balaban J connectivity index is 0.00000261. The van der Waals surface area contributed by atoms with Crippen molar-refractivity contribution in [2.45, 2.75) is 32.1 Å². The van der Waals surface area contributed by atoms with Crippen LogP contribution >= 0.6 is 24.0 Å². The van der Waals surface area contributed by atoms with Gasteiger partial charge >= 0.3 is 0 Å². The van der Waals surface area contributed by atoms with Crippen molar-refractivity contribution in [1.82, 2.24) is 10.6 Å². The van der Waals surface area contributed by atoms with Crippen LogP contribution in [0.5, 0.6) is 5.75 Å². The number of ether oxygens (including phenoxy) is 1. The largest absolute Gasteiger partial charge is 0.495 e. The smallest absolute Gasteiger partial charge is 0.227 e. The van der Waals surface area contributed by atoms with Gasteiger partial charge < -0.3 is 20.7 Å². The highest BCUT2D eigenvalue weighted by Crippen LogP contribution is 2.43. The van der Waals surface area contributed by atoms with Crippen LogP contribution in [0.4, 0.5) is 5.69 Å². The molecular formula is C19H27Cl2N3O3. The number of halogens is 2. The molecule has 0 unspecified atom stereocenters. The third-order valence-corrected chi connectivity index (χ3v) is 5.80. The molecule has 0 spiro atoms. The maximum Gasteiger partial charge on any atom is 0.227 e. The lowest BCUT2D eigenvalue weighted by Gasteiger charge is -2.37. The normalized spacial score (nSPS) is 23.7. The Bertz CT molecular complexity index is 686. The first kappa shape index (κ1) is 21.8. The van der Waals surface area contributed by atoms with Crippen molar-refractivity contribution in [3.63, 3.8) is 0 Å². The Morgan fingerprint density at radius 3 is 2.96 bits per heavy atom. The molecule has 150 valence electrons. The van der Waals surface area contributed by atoms with Crippen LogP contribution in [0.1, 0.15) is 32.1 Å². The first-order chi connectivity index (χ1) is 12.5. The summed E-state index contributed by atoms with van der Waals surface area (Å²) >= 11 is 5.97. The Morgan fingerprint density at radius 2 is 2.19 bits per heavy atom. The molecule has 1 aromatic carbocycles. The molecule has 2 fully saturated rings. The van der Waals surface area contributed by atoms with Gasteiger partial charge in [0.25, 0.3) is 0 Å². The van der Waals surface area contributed by atoms with Crippen LogP contribution in [0.25, 0.3) is 0 Å². The predicted molar refractivity (Wildman–Crippen MR) is 109 cm³/mol. The molecule has 1 saturated carbocycles. The van der Waals surface area contributed by atoms with Crippen molar-refractivity contribution in [2.24, 2.45) is 11.3 Å². The van der Waals surface area contributed by atoms with Crippen molar-refractivity contribution in [2.75, 3.05) is 32.1 Å². The maximum atomic E-state index is 12.8. The zero-order chi connectivity index (χ0) is 18.6. The Morgan fingerprint density at radius 1 is 1.37 bits per heavy atom. The van der Waals surface area contributed by atoms with Crippen LogP contribution in [-0.2, 0) is 9.59 Å². The number of methoxy groups -OCH3 is 1. The standard InChI is InChI=1S/C19H26ClN3O3.ClH/c1-26-16-6-5-14(20)10-15(16)23-17(24)7-9-22-18(25)19-8-3-2-4-13(19)11-21-12-19;/h5-6,10,13,21H,2-4,7-9,11-12H2,1H3,(H,22,25)(H,23,24);1H/t13-,19+;/m0./s1. The summed E-state index contributed by atoms with van der Waals surface area (Å²) in [6.07, 6.45) is 4.54. The minimum Gasteiger partial charge on any atom is -0.495 e. The zero-order valence-corrected chi connectivity index (χ0v) is 17.0. The van der Waals surface area contributed by atoms with Gasteiger partial charge in [-0.25, -0.2) is 0 Å². The molecule has 27 heavy (non-hydrogen) atoms. The number of fused-ring (bicyclic) bond motifs is 1. The highest BCUT2D eigenvalue weighted by atomic mass is 35.5. The Hall–Kier alpha value is -1.50. The summed E-state index contributed by atoms with van der Waals surface area (Å²) in [6, 6.07) is 5.05. The van der Waals surface area contributed by atoms with E-state index in [0.29, 0.717) is 28.9 Å². The van der Waals surface area contributed by atoms with E-state index in [1.54, 1.807) is 18.2 Å². The fourth-order valence-electron chi connectivity index (χ4n) is 4.15. The summed E-state index contributed by atoms with van der Waals surface area (Å²) in [4.78, 5) is 25.0. The molecule has 1 aliphatic carbocycles. The lowest BCUT2D eigenvalue weighted by atomic mass is 9.67. The van der Waals surface area contributed by atoms with E-state index in [9.17, 15) is 9.59 Å². The highest BCUT2D eigenvalue weighted by molar-refractivity contribution is 6.31. The van der Waals surface area contributed by atoms with Gasteiger partial charge in [-0.3, -0.25) is 9.59 Å². The van der Waals surface area contributed by atoms with E-state index in [1.165, 1.54) is 13.5 Å². The monoisotopic (exact) mass is 415 g/mol. The maximum absolute atomic E-state index is 12.8. The van der Waals surface area contributed by atoms with E-state index in [-0.39, 0.29) is 36.1 Å². The van der Waals surface area contributed by atoms with E-state index in [2.05, 4.69) is 16.0 Å². The summed E-state index contributed by atoms with van der Waals surface area (Å²) in [5.41, 5.74) is 0.243. The Kier molecular flexibility index (Phi) is 7.77. The van der Waals surface area contributed by atoms with Gasteiger partial charge in [0.1, 0.15) is 5.75 Å². The van der Waals surface area contributed by atoms with Gasteiger partial charge in [-0.15, -0.1) is 12.4 Å². The fourth-order valence-corrected chi connectivity index (χ4v) is 4.32. The van der Waals surface area contributed by atoms with Crippen LogP contribution in [0.2, 0.25) is 5.02 Å². The number of anilines is 1. The molecule has 0 bridgehead atoms. The van der Waals surface area contributed by atoms with Crippen LogP contribution < -0.4 is 20.7 Å². The van der Waals surface area contributed by atoms with E-state index < -0.39 is 0 Å². The molecule has 0 aromatic heterocycles. The molecule has 1 aliphatic heterocycles. The first-order valence-electron chi connectivity index (χ1n) is 9.17. The number of rotatable bonds is 6. The topological polar surface area (TPSA) is 79.5 Å². The average Bonchev–Trinajstić information content (AvgIpc) is 3.07. The summed E-state index contributed by atoms with van der Waals surface area (Å²) in [5.74, 6) is 0.863. The molecule has 1 aromatic rings. The minimum absolute atomic E-state index is 0. The lowest BCUT2D eigenvalue weighted by molar-refractivity contribution is -0.134. The van der Waals surface area contributed by atoms with E-state index in [4.69, 9.17) is 16.3 Å². The van der Waals surface area contributed by atoms with Gasteiger partial charge in [0.2, 0.25) is 11.8 Å². The number of benzene rings is 1. The molecule has 2 amide bonds. The van der Waals surface area contributed by atoms with Gasteiger partial charge in [-0.1, -0.05) is 24.4 Å². The van der Waals surface area contributed by atoms with E-state index >= 15 is 0 Å². The van der Waals surface area contributed by atoms with Gasteiger partial charge in [-0.2, -0.15) is 0 Å². The minimum atomic E-state index is -0.287. The molecule has 0 radical (unpaired) electrons. The molecular weight excluding hydrogens is 389 g/mol. The number of amides is 2. The zero-order valence-electron chi connectivity index (χ0n) is 15.5. The molecule has 1 saturated heterocycles. The van der Waals surface area contributed by atoms with Gasteiger partial charge in [0.05, 0.1) is 18.2 Å². The first-order valence-corrected chi connectivity index (χ1v) is 9.55.